The van der Waals surface area contributed by atoms with Gasteiger partial charge in [0.1, 0.15) is 35.9 Å². The van der Waals surface area contributed by atoms with Crippen LogP contribution in [0, 0.1) is 11.3 Å². The maximum absolute atomic E-state index is 8.78. The highest BCUT2D eigenvalue weighted by Gasteiger charge is 2.35. The van der Waals surface area contributed by atoms with Crippen LogP contribution in [0.1, 0.15) is 26.5 Å². The van der Waals surface area contributed by atoms with Crippen molar-refractivity contribution in [2.24, 2.45) is 0 Å². The molecule has 0 aliphatic carbocycles. The molecule has 148 valence electrons. The van der Waals surface area contributed by atoms with Gasteiger partial charge in [-0.3, -0.25) is 4.90 Å². The molecule has 1 aliphatic rings. The third kappa shape index (κ3) is 4.36. The summed E-state index contributed by atoms with van der Waals surface area (Å²) in [5.74, 6) is 2.04. The van der Waals surface area contributed by atoms with Crippen LogP contribution in [0.2, 0.25) is 0 Å². The predicted molar refractivity (Wildman–Crippen MR) is 109 cm³/mol. The summed E-state index contributed by atoms with van der Waals surface area (Å²) >= 11 is 0. The highest BCUT2D eigenvalue weighted by atomic mass is 16.5. The van der Waals surface area contributed by atoms with Gasteiger partial charge in [-0.05, 0) is 45.0 Å². The van der Waals surface area contributed by atoms with E-state index in [0.717, 1.165) is 24.5 Å². The Morgan fingerprint density at radius 1 is 1.07 bits per heavy atom. The lowest BCUT2D eigenvalue weighted by atomic mass is 9.99. The molecule has 1 N–H and O–H groups in total. The first-order valence-electron chi connectivity index (χ1n) is 9.46. The van der Waals surface area contributed by atoms with E-state index in [9.17, 15) is 0 Å². The molecule has 3 heterocycles. The third-order valence-electron chi connectivity index (χ3n) is 4.84. The fraction of sp³-hybridized carbons (Fsp3) is 0.333. The maximum Gasteiger partial charge on any atom is 0.158 e. The summed E-state index contributed by atoms with van der Waals surface area (Å²) in [7, 11) is 0. The number of benzene rings is 1. The van der Waals surface area contributed by atoms with E-state index in [1.807, 2.05) is 41.1 Å². The minimum atomic E-state index is 0.195. The van der Waals surface area contributed by atoms with E-state index < -0.39 is 0 Å². The van der Waals surface area contributed by atoms with Crippen LogP contribution in [0.25, 0.3) is 5.69 Å². The minimum absolute atomic E-state index is 0.195. The molecule has 0 radical (unpaired) electrons. The molecule has 0 unspecified atom stereocenters. The van der Waals surface area contributed by atoms with Gasteiger partial charge in [-0.1, -0.05) is 0 Å². The highest BCUT2D eigenvalue weighted by molar-refractivity contribution is 5.51. The number of aromatic nitrogens is 4. The largest absolute Gasteiger partial charge is 0.488 e. The van der Waals surface area contributed by atoms with Crippen LogP contribution in [-0.2, 0) is 0 Å². The smallest absolute Gasteiger partial charge is 0.158 e. The molecular weight excluding hydrogens is 366 g/mol. The monoisotopic (exact) mass is 389 g/mol. The molecule has 4 rings (SSSR count). The molecule has 0 saturated carbocycles. The summed E-state index contributed by atoms with van der Waals surface area (Å²) < 4.78 is 7.96. The van der Waals surface area contributed by atoms with E-state index in [2.05, 4.69) is 45.9 Å². The average Bonchev–Trinajstić information content (AvgIpc) is 3.13. The van der Waals surface area contributed by atoms with Crippen LogP contribution in [0.3, 0.4) is 0 Å². The molecule has 1 aliphatic heterocycles. The van der Waals surface area contributed by atoms with Gasteiger partial charge in [0.2, 0.25) is 0 Å². The Hall–Kier alpha value is -3.44. The number of hydrogen-bond acceptors (Lipinski definition) is 7. The maximum atomic E-state index is 8.78. The lowest BCUT2D eigenvalue weighted by molar-refractivity contribution is -0.0349. The van der Waals surface area contributed by atoms with Crippen molar-refractivity contribution in [3.63, 3.8) is 0 Å². The van der Waals surface area contributed by atoms with Crippen LogP contribution >= 0.6 is 0 Å². The van der Waals surface area contributed by atoms with Gasteiger partial charge < -0.3 is 14.6 Å². The van der Waals surface area contributed by atoms with Gasteiger partial charge in [0, 0.05) is 24.3 Å². The van der Waals surface area contributed by atoms with Crippen LogP contribution in [0.15, 0.2) is 49.2 Å². The first-order valence-corrected chi connectivity index (χ1v) is 9.46. The van der Waals surface area contributed by atoms with Gasteiger partial charge in [-0.15, -0.1) is 0 Å². The van der Waals surface area contributed by atoms with Crippen molar-refractivity contribution in [3.05, 3.63) is 54.9 Å². The number of anilines is 2. The fourth-order valence-electron chi connectivity index (χ4n) is 3.06. The second kappa shape index (κ2) is 7.53. The molecule has 29 heavy (non-hydrogen) atoms. The second-order valence-electron chi connectivity index (χ2n) is 8.00. The third-order valence-corrected chi connectivity index (χ3v) is 4.84. The van der Waals surface area contributed by atoms with E-state index in [1.54, 1.807) is 6.33 Å². The summed E-state index contributed by atoms with van der Waals surface area (Å²) in [5, 5.41) is 11.8. The molecule has 1 aromatic carbocycles. The summed E-state index contributed by atoms with van der Waals surface area (Å²) in [5.41, 5.74) is 1.45. The van der Waals surface area contributed by atoms with Crippen molar-refractivity contribution >= 4 is 11.6 Å². The number of nitriles is 1. The van der Waals surface area contributed by atoms with Gasteiger partial charge >= 0.3 is 0 Å². The van der Waals surface area contributed by atoms with E-state index in [0.29, 0.717) is 11.6 Å². The van der Waals surface area contributed by atoms with E-state index >= 15 is 0 Å². The zero-order valence-electron chi connectivity index (χ0n) is 16.7. The van der Waals surface area contributed by atoms with E-state index in [4.69, 9.17) is 10.00 Å². The van der Waals surface area contributed by atoms with Crippen molar-refractivity contribution in [2.45, 2.75) is 32.4 Å². The Balaban J connectivity index is 1.35. The Kier molecular flexibility index (Phi) is 4.91. The fourth-order valence-corrected chi connectivity index (χ4v) is 3.06. The molecule has 0 atom stereocenters. The zero-order valence-corrected chi connectivity index (χ0v) is 16.7. The topological polar surface area (TPSA) is 91.9 Å². The number of rotatable bonds is 5. The minimum Gasteiger partial charge on any atom is -0.488 e. The molecule has 1 saturated heterocycles. The number of imidazole rings is 1. The summed E-state index contributed by atoms with van der Waals surface area (Å²) in [4.78, 5) is 14.9. The Labute approximate surface area is 169 Å². The number of hydrogen-bond donors (Lipinski definition) is 1. The van der Waals surface area contributed by atoms with Gasteiger partial charge in [-0.2, -0.15) is 5.26 Å². The lowest BCUT2D eigenvalue weighted by Gasteiger charge is -2.47. The van der Waals surface area contributed by atoms with Crippen molar-refractivity contribution in [1.82, 2.24) is 24.4 Å². The second-order valence-corrected chi connectivity index (χ2v) is 8.00. The van der Waals surface area contributed by atoms with Crippen LogP contribution in [-0.4, -0.2) is 49.2 Å². The van der Waals surface area contributed by atoms with Crippen molar-refractivity contribution in [2.75, 3.05) is 18.4 Å². The molecule has 0 bridgehead atoms. The molecule has 2 aromatic heterocycles. The first-order chi connectivity index (χ1) is 13.9. The lowest BCUT2D eigenvalue weighted by Crippen LogP contribution is -2.60. The molecule has 3 aromatic rings. The van der Waals surface area contributed by atoms with E-state index in [-0.39, 0.29) is 17.3 Å². The summed E-state index contributed by atoms with van der Waals surface area (Å²) in [6.45, 7) is 8.58. The Morgan fingerprint density at radius 3 is 2.45 bits per heavy atom. The number of ether oxygens (including phenoxy) is 1. The van der Waals surface area contributed by atoms with Gasteiger partial charge in [-0.25, -0.2) is 15.0 Å². The van der Waals surface area contributed by atoms with Crippen molar-refractivity contribution in [3.8, 4) is 17.5 Å². The van der Waals surface area contributed by atoms with Gasteiger partial charge in [0.15, 0.2) is 5.69 Å². The number of nitrogens with one attached hydrogen (secondary N) is 1. The summed E-state index contributed by atoms with van der Waals surface area (Å²) in [6, 6.07) is 9.91. The number of nitrogens with zero attached hydrogens (tertiary/aromatic N) is 6. The highest BCUT2D eigenvalue weighted by Crippen LogP contribution is 2.25. The summed E-state index contributed by atoms with van der Waals surface area (Å²) in [6.07, 6.45) is 6.76. The van der Waals surface area contributed by atoms with Crippen molar-refractivity contribution in [1.29, 1.82) is 5.26 Å². The van der Waals surface area contributed by atoms with Crippen molar-refractivity contribution < 1.29 is 4.74 Å². The van der Waals surface area contributed by atoms with Crippen LogP contribution in [0.5, 0.6) is 5.75 Å². The normalized spacial score (nSPS) is 14.8. The predicted octanol–water partition coefficient (Wildman–Crippen LogP) is 3.14. The van der Waals surface area contributed by atoms with E-state index in [1.165, 1.54) is 12.4 Å². The standard InChI is InChI=1S/C21H23N7O/c1-21(2,3)28-11-18(12-28)29-17-6-4-16(5-7-17)27-13-20(25-14-27)26-19-10-23-15(8-22)9-24-19/h4-7,9-10,13-14,18H,11-12H2,1-3H3,(H,24,26). The molecule has 0 amide bonds. The van der Waals surface area contributed by atoms with Gasteiger partial charge in [0.25, 0.3) is 0 Å². The van der Waals surface area contributed by atoms with Crippen LogP contribution < -0.4 is 10.1 Å². The number of likely N-dealkylation sites (tertiary alicyclic amines) is 1. The zero-order chi connectivity index (χ0) is 20.4. The van der Waals surface area contributed by atoms with Crippen LogP contribution in [0.4, 0.5) is 11.6 Å². The SMILES string of the molecule is CC(C)(C)N1CC(Oc2ccc(-n3cnc(Nc4cnc(C#N)cn4)c3)cc2)C1. The Morgan fingerprint density at radius 2 is 1.83 bits per heavy atom. The average molecular weight is 389 g/mol. The molecule has 1 fully saturated rings. The molecule has 0 spiro atoms. The first kappa shape index (κ1) is 18.9. The quantitative estimate of drug-likeness (QED) is 0.717. The molecule has 8 heteroatoms. The molecule has 8 nitrogen and oxygen atoms in total. The van der Waals surface area contributed by atoms with Gasteiger partial charge in [0.05, 0.1) is 18.6 Å². The molecular formula is C21H23N7O. The Bertz CT molecular complexity index is 1010.